The molecule has 0 heterocycles. The van der Waals surface area contributed by atoms with E-state index >= 15 is 0 Å². The number of benzene rings is 2. The van der Waals surface area contributed by atoms with Crippen LogP contribution in [0.15, 0.2) is 43.0 Å². The van der Waals surface area contributed by atoms with Crippen LogP contribution < -0.4 is 4.74 Å². The van der Waals surface area contributed by atoms with Gasteiger partial charge in [0.2, 0.25) is 0 Å². The molecule has 2 nitrogen and oxygen atoms in total. The Morgan fingerprint density at radius 1 is 1.17 bits per heavy atom. The van der Waals surface area contributed by atoms with E-state index in [1.807, 2.05) is 32.1 Å². The zero-order chi connectivity index (χ0) is 13.0. The van der Waals surface area contributed by atoms with Crippen molar-refractivity contribution in [2.24, 2.45) is 0 Å². The van der Waals surface area contributed by atoms with E-state index in [-0.39, 0.29) is 6.29 Å². The van der Waals surface area contributed by atoms with Gasteiger partial charge in [0.25, 0.3) is 0 Å². The topological polar surface area (TPSA) is 18.5 Å². The highest BCUT2D eigenvalue weighted by atomic mass is 16.7. The lowest BCUT2D eigenvalue weighted by molar-refractivity contribution is -0.0612. The molecule has 0 spiro atoms. The molecule has 1 atom stereocenters. The number of rotatable bonds is 5. The van der Waals surface area contributed by atoms with Gasteiger partial charge in [-0.3, -0.25) is 0 Å². The lowest BCUT2D eigenvalue weighted by Crippen LogP contribution is -2.15. The first-order valence-corrected chi connectivity index (χ1v) is 6.17. The van der Waals surface area contributed by atoms with E-state index in [4.69, 9.17) is 9.47 Å². The van der Waals surface area contributed by atoms with E-state index in [9.17, 15) is 0 Å². The zero-order valence-electron chi connectivity index (χ0n) is 10.8. The van der Waals surface area contributed by atoms with Gasteiger partial charge in [0.1, 0.15) is 5.75 Å². The summed E-state index contributed by atoms with van der Waals surface area (Å²) in [5.74, 6) is 0.824. The predicted molar refractivity (Wildman–Crippen MR) is 75.8 cm³/mol. The standard InChI is InChI=1S/C16H18O2/c1-4-13-6-7-14-8-9-16(11-15(14)10-13)18-12(3)17-5-2/h4,6-12H,1,5H2,2-3H3. The smallest absolute Gasteiger partial charge is 0.196 e. The Balaban J connectivity index is 2.27. The van der Waals surface area contributed by atoms with E-state index in [1.165, 1.54) is 5.39 Å². The summed E-state index contributed by atoms with van der Waals surface area (Å²) >= 11 is 0. The first kappa shape index (κ1) is 12.7. The molecule has 0 bridgehead atoms. The van der Waals surface area contributed by atoms with E-state index < -0.39 is 0 Å². The van der Waals surface area contributed by atoms with Crippen molar-refractivity contribution in [1.82, 2.24) is 0 Å². The fraction of sp³-hybridized carbons (Fsp3) is 0.250. The molecule has 0 aliphatic rings. The Morgan fingerprint density at radius 2 is 1.94 bits per heavy atom. The second-order valence-corrected chi connectivity index (χ2v) is 4.11. The molecule has 0 aromatic heterocycles. The molecule has 1 unspecified atom stereocenters. The van der Waals surface area contributed by atoms with E-state index in [0.717, 1.165) is 16.7 Å². The molecule has 0 aliphatic carbocycles. The quantitative estimate of drug-likeness (QED) is 0.730. The monoisotopic (exact) mass is 242 g/mol. The molecular weight excluding hydrogens is 224 g/mol. The van der Waals surface area contributed by atoms with Crippen LogP contribution in [0.5, 0.6) is 5.75 Å². The van der Waals surface area contributed by atoms with Gasteiger partial charge in [0.15, 0.2) is 6.29 Å². The molecule has 2 heteroatoms. The van der Waals surface area contributed by atoms with Gasteiger partial charge >= 0.3 is 0 Å². The van der Waals surface area contributed by atoms with Crippen LogP contribution in [-0.4, -0.2) is 12.9 Å². The molecule has 0 N–H and O–H groups in total. The van der Waals surface area contributed by atoms with Crippen LogP contribution in [0.4, 0.5) is 0 Å². The van der Waals surface area contributed by atoms with Crippen LogP contribution in [0, 0.1) is 0 Å². The zero-order valence-corrected chi connectivity index (χ0v) is 10.8. The maximum absolute atomic E-state index is 5.69. The summed E-state index contributed by atoms with van der Waals surface area (Å²) < 4.78 is 11.1. The van der Waals surface area contributed by atoms with Crippen molar-refractivity contribution >= 4 is 16.8 Å². The third-order valence-corrected chi connectivity index (χ3v) is 2.77. The third-order valence-electron chi connectivity index (χ3n) is 2.77. The molecule has 0 radical (unpaired) electrons. The van der Waals surface area contributed by atoms with Gasteiger partial charge in [-0.05, 0) is 48.4 Å². The number of fused-ring (bicyclic) bond motifs is 1. The van der Waals surface area contributed by atoms with Crippen molar-refractivity contribution in [3.8, 4) is 5.75 Å². The van der Waals surface area contributed by atoms with Crippen LogP contribution in [0.2, 0.25) is 0 Å². The van der Waals surface area contributed by atoms with Gasteiger partial charge in [0, 0.05) is 6.61 Å². The van der Waals surface area contributed by atoms with E-state index in [0.29, 0.717) is 6.61 Å². The Hall–Kier alpha value is -1.80. The SMILES string of the molecule is C=Cc1ccc2ccc(OC(C)OCC)cc2c1. The van der Waals surface area contributed by atoms with Crippen LogP contribution in [-0.2, 0) is 4.74 Å². The Bertz CT molecular complexity index is 546. The number of ether oxygens (including phenoxy) is 2. The summed E-state index contributed by atoms with van der Waals surface area (Å²) in [6.07, 6.45) is 1.62. The largest absolute Gasteiger partial charge is 0.465 e. The van der Waals surface area contributed by atoms with Crippen LogP contribution in [0.25, 0.3) is 16.8 Å². The van der Waals surface area contributed by atoms with E-state index in [2.05, 4.69) is 30.8 Å². The third kappa shape index (κ3) is 2.90. The molecule has 0 saturated heterocycles. The molecule has 0 amide bonds. The van der Waals surface area contributed by atoms with Crippen LogP contribution in [0.3, 0.4) is 0 Å². The molecule has 0 saturated carbocycles. The Morgan fingerprint density at radius 3 is 2.67 bits per heavy atom. The van der Waals surface area contributed by atoms with E-state index in [1.54, 1.807) is 0 Å². The first-order valence-electron chi connectivity index (χ1n) is 6.17. The minimum absolute atomic E-state index is 0.227. The van der Waals surface area contributed by atoms with Crippen molar-refractivity contribution in [3.05, 3.63) is 48.5 Å². The lowest BCUT2D eigenvalue weighted by atomic mass is 10.1. The van der Waals surface area contributed by atoms with Gasteiger partial charge < -0.3 is 9.47 Å². The molecule has 2 rings (SSSR count). The van der Waals surface area contributed by atoms with Crippen molar-refractivity contribution in [2.45, 2.75) is 20.1 Å². The van der Waals surface area contributed by atoms with Crippen molar-refractivity contribution in [3.63, 3.8) is 0 Å². The second kappa shape index (κ2) is 5.69. The molecule has 2 aromatic rings. The van der Waals surface area contributed by atoms with Gasteiger partial charge in [-0.15, -0.1) is 0 Å². The van der Waals surface area contributed by atoms with Gasteiger partial charge in [-0.25, -0.2) is 0 Å². The normalized spacial score (nSPS) is 12.3. The minimum atomic E-state index is -0.227. The minimum Gasteiger partial charge on any atom is -0.465 e. The molecule has 18 heavy (non-hydrogen) atoms. The maximum atomic E-state index is 5.69. The summed E-state index contributed by atoms with van der Waals surface area (Å²) in [5, 5.41) is 2.34. The van der Waals surface area contributed by atoms with Crippen molar-refractivity contribution in [2.75, 3.05) is 6.61 Å². The van der Waals surface area contributed by atoms with Crippen molar-refractivity contribution in [1.29, 1.82) is 0 Å². The summed E-state index contributed by atoms with van der Waals surface area (Å²) in [4.78, 5) is 0. The lowest BCUT2D eigenvalue weighted by Gasteiger charge is -2.14. The predicted octanol–water partition coefficient (Wildman–Crippen LogP) is 4.24. The van der Waals surface area contributed by atoms with Gasteiger partial charge in [0.05, 0.1) is 0 Å². The average molecular weight is 242 g/mol. The number of hydrogen-bond donors (Lipinski definition) is 0. The highest BCUT2D eigenvalue weighted by molar-refractivity contribution is 5.85. The van der Waals surface area contributed by atoms with Crippen molar-refractivity contribution < 1.29 is 9.47 Å². The molecule has 2 aromatic carbocycles. The van der Waals surface area contributed by atoms with Crippen LogP contribution in [0.1, 0.15) is 19.4 Å². The fourth-order valence-corrected chi connectivity index (χ4v) is 1.90. The van der Waals surface area contributed by atoms with Gasteiger partial charge in [-0.2, -0.15) is 0 Å². The first-order chi connectivity index (χ1) is 8.72. The summed E-state index contributed by atoms with van der Waals surface area (Å²) in [6.45, 7) is 8.28. The average Bonchev–Trinajstić information content (AvgIpc) is 2.38. The summed E-state index contributed by atoms with van der Waals surface area (Å²) in [7, 11) is 0. The molecular formula is C16H18O2. The Kier molecular flexibility index (Phi) is 4.00. The Labute approximate surface area is 108 Å². The van der Waals surface area contributed by atoms with Gasteiger partial charge in [-0.1, -0.05) is 30.9 Å². The maximum Gasteiger partial charge on any atom is 0.196 e. The molecule has 94 valence electrons. The molecule has 0 fully saturated rings. The fourth-order valence-electron chi connectivity index (χ4n) is 1.90. The highest BCUT2D eigenvalue weighted by Gasteiger charge is 2.03. The number of hydrogen-bond acceptors (Lipinski definition) is 2. The second-order valence-electron chi connectivity index (χ2n) is 4.11. The highest BCUT2D eigenvalue weighted by Crippen LogP contribution is 2.23. The molecule has 0 aliphatic heterocycles. The summed E-state index contributed by atoms with van der Waals surface area (Å²) in [5.41, 5.74) is 1.11. The van der Waals surface area contributed by atoms with Crippen LogP contribution >= 0.6 is 0 Å². The summed E-state index contributed by atoms with van der Waals surface area (Å²) in [6, 6.07) is 12.3.